The van der Waals surface area contributed by atoms with Crippen molar-refractivity contribution in [3.8, 4) is 0 Å². The molecule has 2 aromatic carbocycles. The predicted octanol–water partition coefficient (Wildman–Crippen LogP) is 2.57. The summed E-state index contributed by atoms with van der Waals surface area (Å²) < 4.78 is 0. The van der Waals surface area contributed by atoms with Gasteiger partial charge in [0, 0.05) is 31.6 Å². The Balaban J connectivity index is 1.64. The molecule has 1 amide bonds. The molecule has 0 saturated carbocycles. The summed E-state index contributed by atoms with van der Waals surface area (Å²) in [6, 6.07) is 17.0. The summed E-state index contributed by atoms with van der Waals surface area (Å²) in [5.41, 5.74) is 2.89. The molecular formula is C20H22N2O2. The van der Waals surface area contributed by atoms with E-state index < -0.39 is 6.04 Å². The lowest BCUT2D eigenvalue weighted by molar-refractivity contribution is -0.136. The molecule has 24 heavy (non-hydrogen) atoms. The van der Waals surface area contributed by atoms with Crippen LogP contribution in [0, 0.1) is 6.92 Å². The topological polar surface area (TPSA) is 49.4 Å². The highest BCUT2D eigenvalue weighted by atomic mass is 16.2. The van der Waals surface area contributed by atoms with Crippen molar-refractivity contribution in [3.05, 3.63) is 71.3 Å². The number of hydrogen-bond acceptors (Lipinski definition) is 3. The van der Waals surface area contributed by atoms with Crippen molar-refractivity contribution in [1.82, 2.24) is 10.2 Å². The molecule has 1 saturated heterocycles. The molecule has 0 spiro atoms. The molecule has 4 nitrogen and oxygen atoms in total. The number of ketones is 1. The van der Waals surface area contributed by atoms with Gasteiger partial charge in [-0.25, -0.2) is 0 Å². The zero-order chi connectivity index (χ0) is 16.9. The van der Waals surface area contributed by atoms with Gasteiger partial charge in [0.25, 0.3) is 0 Å². The number of piperazine rings is 1. The van der Waals surface area contributed by atoms with Crippen LogP contribution in [0.3, 0.4) is 0 Å². The quantitative estimate of drug-likeness (QED) is 0.861. The van der Waals surface area contributed by atoms with Gasteiger partial charge in [0.2, 0.25) is 5.91 Å². The normalized spacial score (nSPS) is 17.8. The SMILES string of the molecule is Cc1ccc(C(=O)CC2NCCN(Cc3ccccc3)C2=O)cc1. The highest BCUT2D eigenvalue weighted by Crippen LogP contribution is 2.14. The number of benzene rings is 2. The molecule has 1 fully saturated rings. The number of aryl methyl sites for hydroxylation is 1. The third-order valence-corrected chi connectivity index (χ3v) is 4.36. The van der Waals surface area contributed by atoms with Gasteiger partial charge in [0.05, 0.1) is 6.04 Å². The second-order valence-corrected chi connectivity index (χ2v) is 6.25. The van der Waals surface area contributed by atoms with Crippen molar-refractivity contribution in [1.29, 1.82) is 0 Å². The van der Waals surface area contributed by atoms with Crippen LogP contribution in [-0.2, 0) is 11.3 Å². The van der Waals surface area contributed by atoms with E-state index >= 15 is 0 Å². The summed E-state index contributed by atoms with van der Waals surface area (Å²) >= 11 is 0. The summed E-state index contributed by atoms with van der Waals surface area (Å²) in [6.07, 6.45) is 0.202. The molecule has 1 atom stereocenters. The van der Waals surface area contributed by atoms with Crippen LogP contribution in [0.1, 0.15) is 27.9 Å². The van der Waals surface area contributed by atoms with Crippen molar-refractivity contribution in [2.75, 3.05) is 13.1 Å². The van der Waals surface area contributed by atoms with Crippen molar-refractivity contribution in [3.63, 3.8) is 0 Å². The monoisotopic (exact) mass is 322 g/mol. The zero-order valence-corrected chi connectivity index (χ0v) is 13.9. The van der Waals surface area contributed by atoms with E-state index in [4.69, 9.17) is 0 Å². The number of amides is 1. The molecule has 1 heterocycles. The van der Waals surface area contributed by atoms with Gasteiger partial charge >= 0.3 is 0 Å². The van der Waals surface area contributed by atoms with E-state index in [1.165, 1.54) is 0 Å². The van der Waals surface area contributed by atoms with Crippen molar-refractivity contribution in [2.24, 2.45) is 0 Å². The molecule has 3 rings (SSSR count). The van der Waals surface area contributed by atoms with Crippen LogP contribution in [0.15, 0.2) is 54.6 Å². The van der Waals surface area contributed by atoms with Gasteiger partial charge in [-0.1, -0.05) is 60.2 Å². The number of carbonyl (C=O) groups is 2. The third-order valence-electron chi connectivity index (χ3n) is 4.36. The average Bonchev–Trinajstić information content (AvgIpc) is 2.60. The van der Waals surface area contributed by atoms with Gasteiger partial charge in [0.15, 0.2) is 5.78 Å². The lowest BCUT2D eigenvalue weighted by Gasteiger charge is -2.33. The fourth-order valence-corrected chi connectivity index (χ4v) is 2.95. The van der Waals surface area contributed by atoms with E-state index in [9.17, 15) is 9.59 Å². The number of hydrogen-bond donors (Lipinski definition) is 1. The zero-order valence-electron chi connectivity index (χ0n) is 13.9. The molecule has 1 aliphatic heterocycles. The van der Waals surface area contributed by atoms with E-state index in [0.29, 0.717) is 25.2 Å². The molecule has 0 bridgehead atoms. The van der Waals surface area contributed by atoms with Crippen LogP contribution in [0.25, 0.3) is 0 Å². The van der Waals surface area contributed by atoms with Crippen LogP contribution in [-0.4, -0.2) is 35.7 Å². The Morgan fingerprint density at radius 2 is 1.83 bits per heavy atom. The van der Waals surface area contributed by atoms with Gasteiger partial charge in [-0.3, -0.25) is 9.59 Å². The molecule has 1 unspecified atom stereocenters. The second-order valence-electron chi connectivity index (χ2n) is 6.25. The molecular weight excluding hydrogens is 300 g/mol. The Hall–Kier alpha value is -2.46. The van der Waals surface area contributed by atoms with E-state index in [-0.39, 0.29) is 18.1 Å². The van der Waals surface area contributed by atoms with E-state index in [1.807, 2.05) is 66.4 Å². The Bertz CT molecular complexity index is 710. The minimum absolute atomic E-state index is 0.00223. The molecule has 4 heteroatoms. The van der Waals surface area contributed by atoms with Crippen molar-refractivity contribution < 1.29 is 9.59 Å². The molecule has 1 N–H and O–H groups in total. The lowest BCUT2D eigenvalue weighted by Crippen LogP contribution is -2.55. The lowest BCUT2D eigenvalue weighted by atomic mass is 10.0. The van der Waals surface area contributed by atoms with E-state index in [2.05, 4.69) is 5.32 Å². The number of nitrogens with zero attached hydrogens (tertiary/aromatic N) is 1. The van der Waals surface area contributed by atoms with Gasteiger partial charge in [-0.2, -0.15) is 0 Å². The van der Waals surface area contributed by atoms with Gasteiger partial charge in [-0.05, 0) is 12.5 Å². The van der Waals surface area contributed by atoms with Crippen LogP contribution in [0.5, 0.6) is 0 Å². The molecule has 124 valence electrons. The minimum atomic E-state index is -0.434. The van der Waals surface area contributed by atoms with Crippen molar-refractivity contribution in [2.45, 2.75) is 25.9 Å². The summed E-state index contributed by atoms with van der Waals surface area (Å²) in [7, 11) is 0. The van der Waals surface area contributed by atoms with Gasteiger partial charge in [0.1, 0.15) is 0 Å². The second kappa shape index (κ2) is 7.41. The summed E-state index contributed by atoms with van der Waals surface area (Å²) in [5, 5.41) is 3.18. The Labute approximate surface area is 142 Å². The fourth-order valence-electron chi connectivity index (χ4n) is 2.95. The standard InChI is InChI=1S/C20H22N2O2/c1-15-7-9-17(10-8-15)19(23)13-18-20(24)22(12-11-21-18)14-16-5-3-2-4-6-16/h2-10,18,21H,11-14H2,1H3. The minimum Gasteiger partial charge on any atom is -0.336 e. The first-order valence-corrected chi connectivity index (χ1v) is 8.29. The predicted molar refractivity (Wildman–Crippen MR) is 93.8 cm³/mol. The number of nitrogens with one attached hydrogen (secondary N) is 1. The first kappa shape index (κ1) is 16.4. The Morgan fingerprint density at radius 1 is 1.12 bits per heavy atom. The molecule has 0 aromatic heterocycles. The van der Waals surface area contributed by atoms with Gasteiger partial charge < -0.3 is 10.2 Å². The highest BCUT2D eigenvalue weighted by molar-refractivity contribution is 5.99. The maximum atomic E-state index is 12.7. The summed E-state index contributed by atoms with van der Waals surface area (Å²) in [4.78, 5) is 26.9. The molecule has 0 radical (unpaired) electrons. The van der Waals surface area contributed by atoms with Gasteiger partial charge in [-0.15, -0.1) is 0 Å². The molecule has 1 aliphatic rings. The first-order chi connectivity index (χ1) is 11.6. The van der Waals surface area contributed by atoms with Crippen molar-refractivity contribution >= 4 is 11.7 Å². The average molecular weight is 322 g/mol. The largest absolute Gasteiger partial charge is 0.336 e. The fraction of sp³-hybridized carbons (Fsp3) is 0.300. The Morgan fingerprint density at radius 3 is 2.54 bits per heavy atom. The number of rotatable bonds is 5. The van der Waals surface area contributed by atoms with Crippen LogP contribution in [0.2, 0.25) is 0 Å². The van der Waals surface area contributed by atoms with E-state index in [0.717, 1.165) is 11.1 Å². The third kappa shape index (κ3) is 3.89. The number of carbonyl (C=O) groups excluding carboxylic acids is 2. The highest BCUT2D eigenvalue weighted by Gasteiger charge is 2.30. The molecule has 2 aromatic rings. The summed E-state index contributed by atoms with van der Waals surface area (Å²) in [6.45, 7) is 3.96. The first-order valence-electron chi connectivity index (χ1n) is 8.29. The van der Waals surface area contributed by atoms with Crippen LogP contribution >= 0.6 is 0 Å². The van der Waals surface area contributed by atoms with E-state index in [1.54, 1.807) is 0 Å². The molecule has 0 aliphatic carbocycles. The summed E-state index contributed by atoms with van der Waals surface area (Å²) in [5.74, 6) is 0.00739. The maximum absolute atomic E-state index is 12.7. The Kier molecular flexibility index (Phi) is 5.06. The number of Topliss-reactive ketones (excluding diaryl/α,β-unsaturated/α-hetero) is 1. The smallest absolute Gasteiger partial charge is 0.240 e. The van der Waals surface area contributed by atoms with Crippen LogP contribution < -0.4 is 5.32 Å². The maximum Gasteiger partial charge on any atom is 0.240 e. The van der Waals surface area contributed by atoms with Crippen LogP contribution in [0.4, 0.5) is 0 Å².